The second-order valence-electron chi connectivity index (χ2n) is 0.238. The van der Waals surface area contributed by atoms with E-state index in [2.05, 4.69) is 0 Å². The first-order chi connectivity index (χ1) is 1.73. The molecule has 0 amide bonds. The first-order valence-corrected chi connectivity index (χ1v) is 0.565. The average Bonchev–Trinajstić information content (AvgIpc) is 0.811. The summed E-state index contributed by atoms with van der Waals surface area (Å²) in [5.74, 6) is 0. The quantitative estimate of drug-likeness (QED) is 0.264. The van der Waals surface area contributed by atoms with Crippen molar-refractivity contribution in [2.75, 3.05) is 0 Å². The van der Waals surface area contributed by atoms with Gasteiger partial charge < -0.3 is 5.21 Å². The molecule has 0 aliphatic carbocycles. The van der Waals surface area contributed by atoms with Gasteiger partial charge in [-0.1, -0.05) is 0 Å². The van der Waals surface area contributed by atoms with Crippen LogP contribution in [0.25, 0.3) is 0 Å². The van der Waals surface area contributed by atoms with Crippen molar-refractivity contribution in [1.82, 2.24) is 0 Å². The SMILES string of the molecule is Cl.O=[N+]([O-])O.[CaH2].[MgH2]. The molecule has 7 heteroatoms. The molecule has 0 rings (SSSR count). The molecular weight excluding hydrogens is 162 g/mol. The van der Waals surface area contributed by atoms with Gasteiger partial charge in [0.25, 0.3) is 5.09 Å². The van der Waals surface area contributed by atoms with E-state index >= 15 is 0 Å². The van der Waals surface area contributed by atoms with Crippen molar-refractivity contribution >= 4 is 73.2 Å². The number of hydrogen-bond donors (Lipinski definition) is 1. The van der Waals surface area contributed by atoms with Crippen LogP contribution in [0.3, 0.4) is 0 Å². The molecule has 0 heterocycles. The Bertz CT molecular complexity index is 37.9. The molecule has 0 saturated heterocycles. The zero-order valence-electron chi connectivity index (χ0n) is 2.12. The van der Waals surface area contributed by atoms with Crippen LogP contribution in [0.15, 0.2) is 0 Å². The van der Waals surface area contributed by atoms with Gasteiger partial charge in [-0.2, -0.15) is 0 Å². The summed E-state index contributed by atoms with van der Waals surface area (Å²) < 4.78 is 0. The monoisotopic (exact) mass is 167 g/mol. The van der Waals surface area contributed by atoms with Crippen LogP contribution in [0.1, 0.15) is 0 Å². The first kappa shape index (κ1) is 23.6. The molecule has 0 aliphatic heterocycles. The summed E-state index contributed by atoms with van der Waals surface area (Å²) in [6, 6.07) is 0. The first-order valence-electron chi connectivity index (χ1n) is 0.565. The van der Waals surface area contributed by atoms with Gasteiger partial charge in [0.15, 0.2) is 0 Å². The Balaban J connectivity index is -0.0000000150. The number of halogens is 1. The molecule has 0 aliphatic rings. The second kappa shape index (κ2) is 15.6. The van der Waals surface area contributed by atoms with Gasteiger partial charge >= 0.3 is 60.8 Å². The molecular formula is H6CaClMgNO3. The molecule has 7 heavy (non-hydrogen) atoms. The van der Waals surface area contributed by atoms with E-state index in [1.165, 1.54) is 0 Å². The van der Waals surface area contributed by atoms with E-state index in [1.54, 1.807) is 0 Å². The van der Waals surface area contributed by atoms with Crippen LogP contribution in [0, 0.1) is 10.1 Å². The molecule has 4 nitrogen and oxygen atoms in total. The summed E-state index contributed by atoms with van der Waals surface area (Å²) in [4.78, 5) is 8.36. The minimum absolute atomic E-state index is 0. The molecule has 0 aromatic heterocycles. The Hall–Kier alpha value is 1.52. The molecule has 0 atom stereocenters. The smallest absolute Gasteiger partial charge is 0.316 e. The van der Waals surface area contributed by atoms with Crippen LogP contribution in [-0.2, 0) is 0 Å². The summed E-state index contributed by atoms with van der Waals surface area (Å²) in [6.07, 6.45) is 0. The van der Waals surface area contributed by atoms with Gasteiger partial charge in [0.1, 0.15) is 0 Å². The Kier molecular flexibility index (Phi) is 52.7. The van der Waals surface area contributed by atoms with Crippen molar-refractivity contribution < 1.29 is 10.3 Å². The summed E-state index contributed by atoms with van der Waals surface area (Å²) in [5, 5.41) is 13.6. The Morgan fingerprint density at radius 2 is 1.57 bits per heavy atom. The molecule has 0 fully saturated rings. The van der Waals surface area contributed by atoms with E-state index in [1.807, 2.05) is 0 Å². The maximum Gasteiger partial charge on any atom is 0.316 e. The van der Waals surface area contributed by atoms with Crippen LogP contribution in [0.5, 0.6) is 0 Å². The van der Waals surface area contributed by atoms with Crippen LogP contribution in [0.2, 0.25) is 0 Å². The zero-order valence-corrected chi connectivity index (χ0v) is 2.94. The van der Waals surface area contributed by atoms with Crippen molar-refractivity contribution in [2.45, 2.75) is 0 Å². The summed E-state index contributed by atoms with van der Waals surface area (Å²) >= 11 is 0. The third kappa shape index (κ3) is 99.5. The topological polar surface area (TPSA) is 63.4 Å². The molecule has 0 unspecified atom stereocenters. The normalized spacial score (nSPS) is 3.43. The minimum atomic E-state index is -1.50. The van der Waals surface area contributed by atoms with Gasteiger partial charge in [0.05, 0.1) is 0 Å². The Morgan fingerprint density at radius 3 is 1.57 bits per heavy atom. The van der Waals surface area contributed by atoms with Gasteiger partial charge in [-0.3, -0.25) is 0 Å². The molecule has 0 spiro atoms. The van der Waals surface area contributed by atoms with Gasteiger partial charge in [-0.15, -0.1) is 22.5 Å². The van der Waals surface area contributed by atoms with Crippen molar-refractivity contribution in [3.05, 3.63) is 10.1 Å². The van der Waals surface area contributed by atoms with Crippen LogP contribution in [0.4, 0.5) is 0 Å². The number of hydrogen-bond acceptors (Lipinski definition) is 2. The molecule has 1 N–H and O–H groups in total. The molecule has 0 saturated carbocycles. The van der Waals surface area contributed by atoms with Crippen molar-refractivity contribution in [2.24, 2.45) is 0 Å². The average molecular weight is 168 g/mol. The van der Waals surface area contributed by atoms with E-state index in [9.17, 15) is 0 Å². The molecule has 0 bridgehead atoms. The Labute approximate surface area is 92.3 Å². The van der Waals surface area contributed by atoms with E-state index in [-0.39, 0.29) is 73.2 Å². The standard InChI is InChI=1S/Ca.ClH.Mg.HNO3.4H/c;;;2-1(3)4;;;;/h;1H;;(H,2,3,4);;;;. The van der Waals surface area contributed by atoms with Gasteiger partial charge in [-0.05, 0) is 0 Å². The molecule has 0 aromatic carbocycles. The minimum Gasteiger partial charge on any atom is 0.316 e. The fourth-order valence-corrected chi connectivity index (χ4v) is 0. The maximum absolute atomic E-state index is 8.36. The zero-order chi connectivity index (χ0) is 3.58. The van der Waals surface area contributed by atoms with E-state index in [0.29, 0.717) is 0 Å². The molecule has 0 radical (unpaired) electrons. The van der Waals surface area contributed by atoms with Gasteiger partial charge in [-0.25, -0.2) is 0 Å². The van der Waals surface area contributed by atoms with E-state index in [0.717, 1.165) is 0 Å². The second-order valence-corrected chi connectivity index (χ2v) is 0.238. The van der Waals surface area contributed by atoms with Crippen LogP contribution in [-0.4, -0.2) is 71.1 Å². The van der Waals surface area contributed by atoms with Crippen LogP contribution >= 0.6 is 12.4 Å². The van der Waals surface area contributed by atoms with Crippen molar-refractivity contribution in [3.8, 4) is 0 Å². The van der Waals surface area contributed by atoms with E-state index in [4.69, 9.17) is 15.3 Å². The van der Waals surface area contributed by atoms with Crippen molar-refractivity contribution in [1.29, 1.82) is 0 Å². The van der Waals surface area contributed by atoms with Gasteiger partial charge in [0, 0.05) is 0 Å². The fourth-order valence-electron chi connectivity index (χ4n) is 0. The summed E-state index contributed by atoms with van der Waals surface area (Å²) in [6.45, 7) is 0. The summed E-state index contributed by atoms with van der Waals surface area (Å²) in [5.41, 5.74) is 0. The third-order valence-electron chi connectivity index (χ3n) is 0. The largest absolute Gasteiger partial charge is 0.316 e. The van der Waals surface area contributed by atoms with Gasteiger partial charge in [0.2, 0.25) is 0 Å². The number of rotatable bonds is 0. The summed E-state index contributed by atoms with van der Waals surface area (Å²) in [7, 11) is 0. The predicted octanol–water partition coefficient (Wildman–Crippen LogP) is -1.76. The maximum atomic E-state index is 8.36. The van der Waals surface area contributed by atoms with E-state index < -0.39 is 5.09 Å². The predicted molar refractivity (Wildman–Crippen MR) is 33.1 cm³/mol. The Morgan fingerprint density at radius 1 is 1.57 bits per heavy atom. The molecule has 0 aromatic rings. The third-order valence-corrected chi connectivity index (χ3v) is 0. The number of nitrogens with zero attached hydrogens (tertiary/aromatic N) is 1. The molecule has 40 valence electrons. The fraction of sp³-hybridized carbons (Fsp3) is 0. The van der Waals surface area contributed by atoms with Crippen LogP contribution < -0.4 is 0 Å². The van der Waals surface area contributed by atoms with Crippen molar-refractivity contribution in [3.63, 3.8) is 0 Å².